The van der Waals surface area contributed by atoms with Crippen molar-refractivity contribution >= 4 is 11.8 Å². The minimum Gasteiger partial charge on any atom is -0.496 e. The van der Waals surface area contributed by atoms with E-state index >= 15 is 0 Å². The van der Waals surface area contributed by atoms with Gasteiger partial charge in [0.15, 0.2) is 0 Å². The summed E-state index contributed by atoms with van der Waals surface area (Å²) in [6.45, 7) is 10.4. The van der Waals surface area contributed by atoms with E-state index in [9.17, 15) is 0 Å². The predicted molar refractivity (Wildman–Crippen MR) is 91.2 cm³/mol. The third-order valence-electron chi connectivity index (χ3n) is 3.41. The third-order valence-corrected chi connectivity index (χ3v) is 3.41. The van der Waals surface area contributed by atoms with Crippen molar-refractivity contribution < 1.29 is 14.2 Å². The molecule has 0 heterocycles. The second kappa shape index (κ2) is 7.16. The van der Waals surface area contributed by atoms with E-state index in [-0.39, 0.29) is 5.41 Å². The lowest BCUT2D eigenvalue weighted by atomic mass is 9.84. The second-order valence-corrected chi connectivity index (χ2v) is 5.88. The summed E-state index contributed by atoms with van der Waals surface area (Å²) in [5.74, 6) is 1.98. The molecule has 0 bridgehead atoms. The number of rotatable bonds is 6. The molecule has 0 radical (unpaired) electrons. The van der Waals surface area contributed by atoms with Crippen LogP contribution in [0, 0.1) is 5.41 Å². The maximum Gasteiger partial charge on any atom is 0.127 e. The van der Waals surface area contributed by atoms with Crippen LogP contribution in [0.15, 0.2) is 30.5 Å². The Morgan fingerprint density at radius 2 is 1.68 bits per heavy atom. The molecule has 1 aromatic rings. The number of ether oxygens (including phenoxy) is 3. The Balaban J connectivity index is 3.52. The van der Waals surface area contributed by atoms with Crippen LogP contribution in [0.4, 0.5) is 0 Å². The third kappa shape index (κ3) is 3.70. The quantitative estimate of drug-likeness (QED) is 0.487. The van der Waals surface area contributed by atoms with E-state index in [1.54, 1.807) is 27.4 Å². The molecule has 0 aromatic heterocycles. The van der Waals surface area contributed by atoms with Gasteiger partial charge in [-0.25, -0.2) is 0 Å². The lowest BCUT2D eigenvalue weighted by molar-refractivity contribution is 0.311. The molecule has 1 aromatic carbocycles. The van der Waals surface area contributed by atoms with Gasteiger partial charge in [0, 0.05) is 22.9 Å². The van der Waals surface area contributed by atoms with Gasteiger partial charge in [-0.15, -0.1) is 0 Å². The number of methoxy groups -OCH3 is 3. The van der Waals surface area contributed by atoms with Crippen LogP contribution in [0.25, 0.3) is 5.57 Å². The van der Waals surface area contributed by atoms with Gasteiger partial charge in [-0.05, 0) is 23.6 Å². The maximum atomic E-state index is 7.21. The van der Waals surface area contributed by atoms with Gasteiger partial charge in [-0.2, -0.15) is 0 Å². The minimum atomic E-state index is -0.0760. The molecule has 0 unspecified atom stereocenters. The van der Waals surface area contributed by atoms with Crippen molar-refractivity contribution in [2.75, 3.05) is 21.3 Å². The predicted octanol–water partition coefficient (Wildman–Crippen LogP) is 4.19. The summed E-state index contributed by atoms with van der Waals surface area (Å²) in [5, 5.41) is 7.21. The van der Waals surface area contributed by atoms with Gasteiger partial charge in [0.2, 0.25) is 0 Å². The molecule has 0 spiro atoms. The van der Waals surface area contributed by atoms with E-state index in [2.05, 4.69) is 27.4 Å². The van der Waals surface area contributed by atoms with Crippen LogP contribution in [0.3, 0.4) is 0 Å². The van der Waals surface area contributed by atoms with Crippen LogP contribution >= 0.6 is 0 Å². The Hall–Kier alpha value is -2.23. The van der Waals surface area contributed by atoms with Crippen LogP contribution in [0.2, 0.25) is 0 Å². The van der Waals surface area contributed by atoms with Crippen molar-refractivity contribution in [3.8, 4) is 11.5 Å². The first-order valence-corrected chi connectivity index (χ1v) is 7.01. The lowest BCUT2D eigenvalue weighted by Gasteiger charge is -2.24. The zero-order chi connectivity index (χ0) is 16.9. The summed E-state index contributed by atoms with van der Waals surface area (Å²) < 4.78 is 16.3. The highest BCUT2D eigenvalue weighted by Gasteiger charge is 2.23. The molecule has 0 fully saturated rings. The second-order valence-electron chi connectivity index (χ2n) is 5.88. The summed E-state index contributed by atoms with van der Waals surface area (Å²) in [6, 6.07) is 3.87. The molecule has 0 aliphatic heterocycles. The molecule has 4 nitrogen and oxygen atoms in total. The topological polar surface area (TPSA) is 51.5 Å². The molecule has 0 atom stereocenters. The highest BCUT2D eigenvalue weighted by atomic mass is 16.5. The van der Waals surface area contributed by atoms with Crippen molar-refractivity contribution in [1.29, 1.82) is 5.41 Å². The Morgan fingerprint density at radius 1 is 1.09 bits per heavy atom. The number of allylic oxidation sites excluding steroid dienone is 2. The molecular weight excluding hydrogens is 278 g/mol. The van der Waals surface area contributed by atoms with Gasteiger partial charge in [0.05, 0.1) is 21.3 Å². The van der Waals surface area contributed by atoms with Crippen molar-refractivity contribution in [2.24, 2.45) is 0 Å². The number of hydrogen-bond acceptors (Lipinski definition) is 4. The SMILES string of the molecule is C=C(/C(=C\C=N)OC)c1cc(OC)c(C(C)(C)C)cc1OC. The monoisotopic (exact) mass is 303 g/mol. The molecule has 4 heteroatoms. The molecule has 1 rings (SSSR count). The van der Waals surface area contributed by atoms with Crippen molar-refractivity contribution in [3.05, 3.63) is 41.7 Å². The Labute approximate surface area is 132 Å². The van der Waals surface area contributed by atoms with Crippen molar-refractivity contribution in [3.63, 3.8) is 0 Å². The van der Waals surface area contributed by atoms with Crippen LogP contribution < -0.4 is 9.47 Å². The van der Waals surface area contributed by atoms with Gasteiger partial charge >= 0.3 is 0 Å². The van der Waals surface area contributed by atoms with Gasteiger partial charge in [0.1, 0.15) is 17.3 Å². The lowest BCUT2D eigenvalue weighted by Crippen LogP contribution is -2.13. The van der Waals surface area contributed by atoms with E-state index < -0.39 is 0 Å². The van der Waals surface area contributed by atoms with E-state index in [0.29, 0.717) is 17.1 Å². The number of nitrogens with one attached hydrogen (secondary N) is 1. The smallest absolute Gasteiger partial charge is 0.127 e. The first-order valence-electron chi connectivity index (χ1n) is 7.01. The summed E-state index contributed by atoms with van der Waals surface area (Å²) in [5.41, 5.74) is 2.40. The van der Waals surface area contributed by atoms with Crippen LogP contribution in [-0.4, -0.2) is 27.5 Å². The summed E-state index contributed by atoms with van der Waals surface area (Å²) in [6.07, 6.45) is 2.71. The fraction of sp³-hybridized carbons (Fsp3) is 0.389. The van der Waals surface area contributed by atoms with Gasteiger partial charge < -0.3 is 19.6 Å². The average Bonchev–Trinajstić information content (AvgIpc) is 2.49. The van der Waals surface area contributed by atoms with E-state index in [1.807, 2.05) is 12.1 Å². The van der Waals surface area contributed by atoms with Crippen molar-refractivity contribution in [2.45, 2.75) is 26.2 Å². The zero-order valence-electron chi connectivity index (χ0n) is 14.2. The van der Waals surface area contributed by atoms with Gasteiger partial charge in [-0.3, -0.25) is 0 Å². The van der Waals surface area contributed by atoms with Gasteiger partial charge in [-0.1, -0.05) is 27.4 Å². The Morgan fingerprint density at radius 3 is 2.09 bits per heavy atom. The van der Waals surface area contributed by atoms with Crippen molar-refractivity contribution in [1.82, 2.24) is 0 Å². The summed E-state index contributed by atoms with van der Waals surface area (Å²) >= 11 is 0. The first-order chi connectivity index (χ1) is 10.3. The Kier molecular flexibility index (Phi) is 5.80. The maximum absolute atomic E-state index is 7.21. The first kappa shape index (κ1) is 17.8. The largest absolute Gasteiger partial charge is 0.496 e. The molecular formula is C18H25NO3. The van der Waals surface area contributed by atoms with E-state index in [4.69, 9.17) is 19.6 Å². The number of benzene rings is 1. The standard InChI is InChI=1S/C18H25NO3/c1-12(15(20-5)8-9-19)13-10-17(22-7)14(18(2,3)4)11-16(13)21-6/h8-11,19H,1H2,2-7H3/b15-8+,19-9?. The Bertz CT molecular complexity index is 595. The highest BCUT2D eigenvalue weighted by Crippen LogP contribution is 2.40. The van der Waals surface area contributed by atoms with Crippen LogP contribution in [-0.2, 0) is 10.2 Å². The molecule has 22 heavy (non-hydrogen) atoms. The molecule has 0 aliphatic rings. The fourth-order valence-corrected chi connectivity index (χ4v) is 2.22. The van der Waals surface area contributed by atoms with Crippen LogP contribution in [0.5, 0.6) is 11.5 Å². The summed E-state index contributed by atoms with van der Waals surface area (Å²) in [4.78, 5) is 0. The average molecular weight is 303 g/mol. The van der Waals surface area contributed by atoms with Gasteiger partial charge in [0.25, 0.3) is 0 Å². The zero-order valence-corrected chi connectivity index (χ0v) is 14.2. The molecule has 0 saturated carbocycles. The highest BCUT2D eigenvalue weighted by molar-refractivity contribution is 5.85. The number of hydrogen-bond donors (Lipinski definition) is 1. The van der Waals surface area contributed by atoms with Crippen LogP contribution in [0.1, 0.15) is 31.9 Å². The molecule has 0 amide bonds. The summed E-state index contributed by atoms with van der Waals surface area (Å²) in [7, 11) is 4.82. The fourth-order valence-electron chi connectivity index (χ4n) is 2.22. The minimum absolute atomic E-state index is 0.0760. The molecule has 0 saturated heterocycles. The molecule has 120 valence electrons. The van der Waals surface area contributed by atoms with E-state index in [1.165, 1.54) is 0 Å². The molecule has 1 N–H and O–H groups in total. The van der Waals surface area contributed by atoms with E-state index in [0.717, 1.165) is 23.1 Å². The normalized spacial score (nSPS) is 11.8. The molecule has 0 aliphatic carbocycles.